The van der Waals surface area contributed by atoms with Crippen molar-refractivity contribution in [3.8, 4) is 17.6 Å². The van der Waals surface area contributed by atoms with Crippen LogP contribution in [0.1, 0.15) is 40.4 Å². The van der Waals surface area contributed by atoms with Crippen molar-refractivity contribution in [1.29, 1.82) is 5.26 Å². The molecule has 0 N–H and O–H groups in total. The number of carbonyl (C=O) groups excluding carboxylic acids is 1. The quantitative estimate of drug-likeness (QED) is 0.595. The zero-order valence-electron chi connectivity index (χ0n) is 14.6. The normalized spacial score (nSPS) is 16.9. The summed E-state index contributed by atoms with van der Waals surface area (Å²) in [5, 5.41) is 10.2. The number of fused-ring (bicyclic) bond motifs is 3. The largest absolute Gasteiger partial charge is 0.454 e. The third-order valence-corrected chi connectivity index (χ3v) is 6.36. The predicted molar refractivity (Wildman–Crippen MR) is 101 cm³/mol. The van der Waals surface area contributed by atoms with Crippen molar-refractivity contribution in [2.75, 3.05) is 30.5 Å². The van der Waals surface area contributed by atoms with Crippen molar-refractivity contribution >= 4 is 23.2 Å². The van der Waals surface area contributed by atoms with Crippen molar-refractivity contribution < 1.29 is 14.3 Å². The SMILES string of the molecule is N#Cc1cc2c(nc1SCC(=O)c1ccc3c(c1)OCO3)C1CCN2CC1. The van der Waals surface area contributed by atoms with Crippen molar-refractivity contribution in [2.24, 2.45) is 0 Å². The van der Waals surface area contributed by atoms with Gasteiger partial charge in [-0.25, -0.2) is 4.98 Å². The molecule has 0 saturated carbocycles. The third-order valence-electron chi connectivity index (χ3n) is 5.37. The Labute approximate surface area is 161 Å². The fourth-order valence-electron chi connectivity index (χ4n) is 3.92. The summed E-state index contributed by atoms with van der Waals surface area (Å²) in [7, 11) is 0. The van der Waals surface area contributed by atoms with E-state index in [1.807, 2.05) is 6.07 Å². The Hall–Kier alpha value is -2.72. The molecule has 1 aromatic carbocycles. The molecule has 136 valence electrons. The number of hydrogen-bond donors (Lipinski definition) is 0. The molecule has 0 spiro atoms. The topological polar surface area (TPSA) is 75.5 Å². The second-order valence-corrected chi connectivity index (χ2v) is 7.86. The molecule has 0 amide bonds. The molecule has 7 heteroatoms. The fraction of sp³-hybridized carbons (Fsp3) is 0.350. The van der Waals surface area contributed by atoms with E-state index in [1.54, 1.807) is 18.2 Å². The molecule has 0 unspecified atom stereocenters. The number of rotatable bonds is 4. The number of pyridine rings is 1. The molecule has 0 atom stereocenters. The molecular formula is C20H17N3O3S. The van der Waals surface area contributed by atoms with E-state index in [1.165, 1.54) is 11.8 Å². The van der Waals surface area contributed by atoms with Gasteiger partial charge in [-0.05, 0) is 37.1 Å². The van der Waals surface area contributed by atoms with E-state index >= 15 is 0 Å². The lowest BCUT2D eigenvalue weighted by molar-refractivity contribution is 0.102. The fourth-order valence-corrected chi connectivity index (χ4v) is 4.78. The number of anilines is 1. The molecule has 1 fully saturated rings. The first kappa shape index (κ1) is 16.5. The minimum atomic E-state index is -0.0213. The highest BCUT2D eigenvalue weighted by Crippen LogP contribution is 2.43. The van der Waals surface area contributed by atoms with Crippen LogP contribution in [0, 0.1) is 11.3 Å². The standard InChI is InChI=1S/C20H17N3O3S/c21-9-14-7-15-19(12-3-5-23(15)6-4-12)22-20(14)27-10-16(24)13-1-2-17-18(8-13)26-11-25-17/h1-2,7-8,12H,3-6,10-11H2. The zero-order valence-corrected chi connectivity index (χ0v) is 15.4. The minimum absolute atomic E-state index is 0.0213. The smallest absolute Gasteiger partial charge is 0.231 e. The van der Waals surface area contributed by atoms with Gasteiger partial charge in [0.15, 0.2) is 17.3 Å². The lowest BCUT2D eigenvalue weighted by Gasteiger charge is -2.41. The van der Waals surface area contributed by atoms with E-state index in [0.29, 0.717) is 33.6 Å². The number of thioether (sulfide) groups is 1. The van der Waals surface area contributed by atoms with Gasteiger partial charge in [-0.1, -0.05) is 11.8 Å². The molecule has 4 aliphatic rings. The summed E-state index contributed by atoms with van der Waals surface area (Å²) in [4.78, 5) is 19.7. The van der Waals surface area contributed by atoms with Crippen LogP contribution in [0.5, 0.6) is 11.5 Å². The van der Waals surface area contributed by atoms with Gasteiger partial charge in [0.1, 0.15) is 11.1 Å². The molecule has 0 aliphatic carbocycles. The van der Waals surface area contributed by atoms with Crippen LogP contribution in [-0.2, 0) is 0 Å². The van der Waals surface area contributed by atoms with Crippen LogP contribution in [0.2, 0.25) is 0 Å². The number of ether oxygens (including phenoxy) is 2. The maximum Gasteiger partial charge on any atom is 0.231 e. The van der Waals surface area contributed by atoms with E-state index in [-0.39, 0.29) is 18.3 Å². The average Bonchev–Trinajstić information content (AvgIpc) is 3.20. The van der Waals surface area contributed by atoms with Crippen LogP contribution in [-0.4, -0.2) is 36.4 Å². The average molecular weight is 379 g/mol. The van der Waals surface area contributed by atoms with E-state index in [4.69, 9.17) is 14.5 Å². The van der Waals surface area contributed by atoms with E-state index in [0.717, 1.165) is 37.3 Å². The van der Waals surface area contributed by atoms with Gasteiger partial charge in [0.25, 0.3) is 0 Å². The van der Waals surface area contributed by atoms with Crippen molar-refractivity contribution in [1.82, 2.24) is 4.98 Å². The highest BCUT2D eigenvalue weighted by atomic mass is 32.2. The Morgan fingerprint density at radius 3 is 2.89 bits per heavy atom. The van der Waals surface area contributed by atoms with Gasteiger partial charge in [-0.2, -0.15) is 5.26 Å². The van der Waals surface area contributed by atoms with E-state index in [9.17, 15) is 10.1 Å². The van der Waals surface area contributed by atoms with Crippen molar-refractivity contribution in [3.05, 3.63) is 41.1 Å². The molecule has 2 bridgehead atoms. The highest BCUT2D eigenvalue weighted by Gasteiger charge is 2.33. The molecule has 27 heavy (non-hydrogen) atoms. The van der Waals surface area contributed by atoms with Crippen LogP contribution in [0.4, 0.5) is 5.69 Å². The van der Waals surface area contributed by atoms with Gasteiger partial charge in [0, 0.05) is 24.6 Å². The first-order valence-corrected chi connectivity index (χ1v) is 9.97. The Bertz CT molecular complexity index is 977. The monoisotopic (exact) mass is 379 g/mol. The van der Waals surface area contributed by atoms with Gasteiger partial charge in [-0.3, -0.25) is 4.79 Å². The summed E-state index contributed by atoms with van der Waals surface area (Å²) in [5.41, 5.74) is 3.31. The van der Waals surface area contributed by atoms with Gasteiger partial charge >= 0.3 is 0 Å². The number of nitriles is 1. The number of nitrogens with zero attached hydrogens (tertiary/aromatic N) is 3. The number of Topliss-reactive ketones (excluding diaryl/α,β-unsaturated/α-hetero) is 1. The summed E-state index contributed by atoms with van der Waals surface area (Å²) in [6.07, 6.45) is 2.23. The van der Waals surface area contributed by atoms with Crippen LogP contribution >= 0.6 is 11.8 Å². The van der Waals surface area contributed by atoms with Gasteiger partial charge < -0.3 is 14.4 Å². The second kappa shape index (κ2) is 6.46. The molecule has 1 aromatic heterocycles. The van der Waals surface area contributed by atoms with Gasteiger partial charge in [0.2, 0.25) is 6.79 Å². The summed E-state index contributed by atoms with van der Waals surface area (Å²) < 4.78 is 10.6. The summed E-state index contributed by atoms with van der Waals surface area (Å²) in [6.45, 7) is 2.27. The first-order chi connectivity index (χ1) is 13.2. The summed E-state index contributed by atoms with van der Waals surface area (Å²) >= 11 is 1.33. The maximum atomic E-state index is 12.6. The lowest BCUT2D eigenvalue weighted by Crippen LogP contribution is -2.39. The molecule has 1 saturated heterocycles. The second-order valence-electron chi connectivity index (χ2n) is 6.90. The Morgan fingerprint density at radius 2 is 2.07 bits per heavy atom. The number of carbonyl (C=O) groups is 1. The predicted octanol–water partition coefficient (Wildman–Crippen LogP) is 3.35. The molecule has 6 nitrogen and oxygen atoms in total. The lowest BCUT2D eigenvalue weighted by atomic mass is 9.86. The van der Waals surface area contributed by atoms with Gasteiger partial charge in [0.05, 0.1) is 22.7 Å². The Balaban J connectivity index is 1.37. The number of aromatic nitrogens is 1. The molecule has 0 radical (unpaired) electrons. The summed E-state index contributed by atoms with van der Waals surface area (Å²) in [6, 6.07) is 9.40. The van der Waals surface area contributed by atoms with E-state index in [2.05, 4.69) is 11.0 Å². The first-order valence-electron chi connectivity index (χ1n) is 8.98. The highest BCUT2D eigenvalue weighted by molar-refractivity contribution is 8.00. The Kier molecular flexibility index (Phi) is 3.94. The van der Waals surface area contributed by atoms with Crippen LogP contribution in [0.25, 0.3) is 0 Å². The number of hydrogen-bond acceptors (Lipinski definition) is 7. The zero-order chi connectivity index (χ0) is 18.4. The number of piperidine rings is 1. The molecule has 6 rings (SSSR count). The molecule has 4 aliphatic heterocycles. The van der Waals surface area contributed by atoms with Gasteiger partial charge in [-0.15, -0.1) is 0 Å². The number of benzene rings is 1. The van der Waals surface area contributed by atoms with E-state index < -0.39 is 0 Å². The number of ketones is 1. The maximum absolute atomic E-state index is 12.6. The molecule has 2 aromatic rings. The van der Waals surface area contributed by atoms with Crippen molar-refractivity contribution in [3.63, 3.8) is 0 Å². The summed E-state index contributed by atoms with van der Waals surface area (Å²) in [5.74, 6) is 1.94. The molecular weight excluding hydrogens is 362 g/mol. The van der Waals surface area contributed by atoms with Crippen LogP contribution in [0.15, 0.2) is 29.3 Å². The minimum Gasteiger partial charge on any atom is -0.454 e. The van der Waals surface area contributed by atoms with Crippen LogP contribution < -0.4 is 14.4 Å². The van der Waals surface area contributed by atoms with Crippen molar-refractivity contribution in [2.45, 2.75) is 23.8 Å². The third kappa shape index (κ3) is 2.81. The molecule has 5 heterocycles. The Morgan fingerprint density at radius 1 is 1.26 bits per heavy atom. The van der Waals surface area contributed by atoms with Crippen LogP contribution in [0.3, 0.4) is 0 Å².